The molecule has 1 saturated heterocycles. The number of methoxy groups -OCH3 is 1. The number of rotatable bonds is 4. The molecule has 2 aromatic rings. The molecule has 29 heavy (non-hydrogen) atoms. The van der Waals surface area contributed by atoms with E-state index in [2.05, 4.69) is 4.98 Å². The fourth-order valence-corrected chi connectivity index (χ4v) is 3.33. The third-order valence-electron chi connectivity index (χ3n) is 4.89. The Morgan fingerprint density at radius 1 is 1.31 bits per heavy atom. The van der Waals surface area contributed by atoms with Gasteiger partial charge in [0, 0.05) is 37.8 Å². The number of morpholine rings is 1. The maximum Gasteiger partial charge on any atom is 0.228 e. The third kappa shape index (κ3) is 4.67. The zero-order chi connectivity index (χ0) is 21.2. The molecule has 1 fully saturated rings. The van der Waals surface area contributed by atoms with Gasteiger partial charge in [-0.1, -0.05) is 32.9 Å². The quantitative estimate of drug-likeness (QED) is 0.788. The predicted octanol–water partition coefficient (Wildman–Crippen LogP) is 3.16. The number of nitrogens with zero attached hydrogens (tertiary/aromatic N) is 4. The molecule has 1 amide bonds. The van der Waals surface area contributed by atoms with Gasteiger partial charge in [-0.05, 0) is 17.7 Å². The molecule has 0 saturated carbocycles. The van der Waals surface area contributed by atoms with E-state index in [0.717, 1.165) is 22.6 Å². The number of anilines is 1. The fourth-order valence-electron chi connectivity index (χ4n) is 3.33. The Hall–Kier alpha value is -2.67. The molecule has 1 aliphatic rings. The van der Waals surface area contributed by atoms with Crippen molar-refractivity contribution in [3.63, 3.8) is 0 Å². The van der Waals surface area contributed by atoms with Crippen molar-refractivity contribution in [2.24, 2.45) is 5.41 Å². The highest BCUT2D eigenvalue weighted by Gasteiger charge is 2.33. The maximum absolute atomic E-state index is 12.8. The molecule has 1 unspecified atom stereocenters. The first-order chi connectivity index (χ1) is 13.7. The van der Waals surface area contributed by atoms with Crippen LogP contribution in [-0.2, 0) is 9.53 Å². The van der Waals surface area contributed by atoms with E-state index in [1.807, 2.05) is 75.1 Å². The van der Waals surface area contributed by atoms with Gasteiger partial charge in [0.15, 0.2) is 0 Å². The Bertz CT molecular complexity index is 877. The highest BCUT2D eigenvalue weighted by atomic mass is 16.5. The molecule has 3 rings (SSSR count). The lowest BCUT2D eigenvalue weighted by molar-refractivity contribution is -0.147. The molecule has 2 heterocycles. The van der Waals surface area contributed by atoms with Crippen LogP contribution in [0.2, 0.25) is 0 Å². The van der Waals surface area contributed by atoms with Crippen molar-refractivity contribution in [2.45, 2.75) is 26.9 Å². The van der Waals surface area contributed by atoms with Crippen LogP contribution in [0.15, 0.2) is 30.5 Å². The lowest BCUT2D eigenvalue weighted by Crippen LogP contribution is -2.47. The van der Waals surface area contributed by atoms with Gasteiger partial charge in [-0.2, -0.15) is 0 Å². The summed E-state index contributed by atoms with van der Waals surface area (Å²) in [6, 6.07) is 7.80. The molecule has 0 bridgehead atoms. The number of hydrogen-bond acceptors (Lipinski definition) is 6. The van der Waals surface area contributed by atoms with Crippen molar-refractivity contribution in [1.29, 1.82) is 0 Å². The summed E-state index contributed by atoms with van der Waals surface area (Å²) in [5.74, 6) is 1.49. The van der Waals surface area contributed by atoms with E-state index in [4.69, 9.17) is 14.5 Å². The lowest BCUT2D eigenvalue weighted by atomic mass is 9.94. The minimum Gasteiger partial charge on any atom is -0.497 e. The normalized spacial score (nSPS) is 17.2. The summed E-state index contributed by atoms with van der Waals surface area (Å²) >= 11 is 0. The van der Waals surface area contributed by atoms with Gasteiger partial charge in [0.1, 0.15) is 11.9 Å². The molecule has 1 aromatic heterocycles. The molecule has 0 spiro atoms. The first kappa shape index (κ1) is 21.0. The summed E-state index contributed by atoms with van der Waals surface area (Å²) in [5, 5.41) is 0. The highest BCUT2D eigenvalue weighted by molar-refractivity contribution is 5.81. The van der Waals surface area contributed by atoms with Crippen molar-refractivity contribution in [2.75, 3.05) is 45.8 Å². The lowest BCUT2D eigenvalue weighted by Gasteiger charge is -2.36. The topological polar surface area (TPSA) is 67.8 Å². The van der Waals surface area contributed by atoms with Crippen molar-refractivity contribution in [1.82, 2.24) is 14.9 Å². The molecule has 0 aliphatic carbocycles. The fraction of sp³-hybridized carbons (Fsp3) is 0.500. The second-order valence-corrected chi connectivity index (χ2v) is 8.46. The number of hydrogen-bond donors (Lipinski definition) is 0. The number of aromatic nitrogens is 2. The molecule has 156 valence electrons. The summed E-state index contributed by atoms with van der Waals surface area (Å²) in [4.78, 5) is 25.9. The van der Waals surface area contributed by atoms with Gasteiger partial charge < -0.3 is 19.3 Å². The van der Waals surface area contributed by atoms with Gasteiger partial charge in [0.25, 0.3) is 0 Å². The summed E-state index contributed by atoms with van der Waals surface area (Å²) < 4.78 is 11.5. The molecular weight excluding hydrogens is 368 g/mol. The highest BCUT2D eigenvalue weighted by Crippen LogP contribution is 2.33. The Balaban J connectivity index is 2.01. The zero-order valence-corrected chi connectivity index (χ0v) is 18.1. The molecule has 0 N–H and O–H groups in total. The van der Waals surface area contributed by atoms with Crippen molar-refractivity contribution >= 4 is 11.9 Å². The Labute approximate surface area is 172 Å². The van der Waals surface area contributed by atoms with Gasteiger partial charge in [0.05, 0.1) is 26.0 Å². The Morgan fingerprint density at radius 3 is 2.72 bits per heavy atom. The van der Waals surface area contributed by atoms with E-state index in [1.54, 1.807) is 7.11 Å². The van der Waals surface area contributed by atoms with Gasteiger partial charge in [0.2, 0.25) is 11.9 Å². The number of carbonyl (C=O) groups is 1. The van der Waals surface area contributed by atoms with Crippen LogP contribution in [0.1, 0.15) is 32.6 Å². The van der Waals surface area contributed by atoms with E-state index < -0.39 is 5.41 Å². The van der Waals surface area contributed by atoms with E-state index in [0.29, 0.717) is 25.6 Å². The van der Waals surface area contributed by atoms with Crippen molar-refractivity contribution in [3.8, 4) is 16.9 Å². The molecule has 1 aromatic carbocycles. The maximum atomic E-state index is 12.8. The standard InChI is InChI=1S/C22H30N4O3/c1-22(2,3)20(27)26-10-11-29-18(14-26)19-17(13-23-21(24-19)25(4)5)15-8-7-9-16(12-15)28-6/h7-9,12-13,18H,10-11,14H2,1-6H3. The van der Waals surface area contributed by atoms with Crippen LogP contribution >= 0.6 is 0 Å². The van der Waals surface area contributed by atoms with Crippen LogP contribution in [0.25, 0.3) is 11.1 Å². The van der Waals surface area contributed by atoms with E-state index >= 15 is 0 Å². The largest absolute Gasteiger partial charge is 0.497 e. The van der Waals surface area contributed by atoms with Crippen LogP contribution < -0.4 is 9.64 Å². The molecular formula is C22H30N4O3. The summed E-state index contributed by atoms with van der Waals surface area (Å²) in [5.41, 5.74) is 2.18. The van der Waals surface area contributed by atoms with E-state index in [9.17, 15) is 4.79 Å². The van der Waals surface area contributed by atoms with Crippen LogP contribution in [-0.4, -0.2) is 61.7 Å². The van der Waals surface area contributed by atoms with Crippen LogP contribution in [0.5, 0.6) is 5.75 Å². The van der Waals surface area contributed by atoms with Gasteiger partial charge >= 0.3 is 0 Å². The Morgan fingerprint density at radius 2 is 2.07 bits per heavy atom. The SMILES string of the molecule is COc1cccc(-c2cnc(N(C)C)nc2C2CN(C(=O)C(C)(C)C)CCO2)c1. The molecule has 0 radical (unpaired) electrons. The van der Waals surface area contributed by atoms with Gasteiger partial charge in [-0.15, -0.1) is 0 Å². The average molecular weight is 399 g/mol. The van der Waals surface area contributed by atoms with E-state index in [-0.39, 0.29) is 12.0 Å². The number of ether oxygens (including phenoxy) is 2. The second-order valence-electron chi connectivity index (χ2n) is 8.46. The zero-order valence-electron chi connectivity index (χ0n) is 18.1. The van der Waals surface area contributed by atoms with Gasteiger partial charge in [-0.3, -0.25) is 4.79 Å². The Kier molecular flexibility index (Phi) is 6.07. The van der Waals surface area contributed by atoms with Crippen LogP contribution in [0.3, 0.4) is 0 Å². The van der Waals surface area contributed by atoms with Crippen molar-refractivity contribution in [3.05, 3.63) is 36.2 Å². The van der Waals surface area contributed by atoms with Crippen molar-refractivity contribution < 1.29 is 14.3 Å². The summed E-state index contributed by atoms with van der Waals surface area (Å²) in [6.45, 7) is 7.36. The summed E-state index contributed by atoms with van der Waals surface area (Å²) in [6.07, 6.45) is 1.50. The predicted molar refractivity (Wildman–Crippen MR) is 113 cm³/mol. The second kappa shape index (κ2) is 8.37. The average Bonchev–Trinajstić information content (AvgIpc) is 2.72. The van der Waals surface area contributed by atoms with E-state index in [1.165, 1.54) is 0 Å². The smallest absolute Gasteiger partial charge is 0.228 e. The van der Waals surface area contributed by atoms with Crippen LogP contribution in [0.4, 0.5) is 5.95 Å². The minimum atomic E-state index is -0.433. The number of benzene rings is 1. The van der Waals surface area contributed by atoms with Gasteiger partial charge in [-0.25, -0.2) is 9.97 Å². The number of amides is 1. The third-order valence-corrected chi connectivity index (χ3v) is 4.89. The first-order valence-electron chi connectivity index (χ1n) is 9.80. The molecule has 7 heteroatoms. The monoisotopic (exact) mass is 398 g/mol. The molecule has 1 atom stereocenters. The molecule has 1 aliphatic heterocycles. The molecule has 7 nitrogen and oxygen atoms in total. The van der Waals surface area contributed by atoms with Crippen LogP contribution in [0, 0.1) is 5.41 Å². The number of carbonyl (C=O) groups excluding carboxylic acids is 1. The first-order valence-corrected chi connectivity index (χ1v) is 9.80. The summed E-state index contributed by atoms with van der Waals surface area (Å²) in [7, 11) is 5.45. The minimum absolute atomic E-state index is 0.121.